The van der Waals surface area contributed by atoms with Crippen LogP contribution in [0.3, 0.4) is 0 Å². The minimum Gasteiger partial charge on any atom is -0.481 e. The Morgan fingerprint density at radius 1 is 1.48 bits per heavy atom. The highest BCUT2D eigenvalue weighted by atomic mass is 127. The lowest BCUT2D eigenvalue weighted by molar-refractivity contribution is -0.134. The van der Waals surface area contributed by atoms with E-state index in [2.05, 4.69) is 32.9 Å². The van der Waals surface area contributed by atoms with E-state index in [1.54, 1.807) is 7.05 Å². The lowest BCUT2D eigenvalue weighted by Gasteiger charge is -2.07. The molecule has 112 valence electrons. The molecule has 8 heteroatoms. The Labute approximate surface area is 139 Å². The van der Waals surface area contributed by atoms with Gasteiger partial charge in [-0.3, -0.25) is 9.59 Å². The van der Waals surface area contributed by atoms with Gasteiger partial charge in [-0.15, -0.1) is 0 Å². The van der Waals surface area contributed by atoms with Crippen LogP contribution in [0, 0.1) is 3.57 Å². The lowest BCUT2D eigenvalue weighted by atomic mass is 10.3. The maximum absolute atomic E-state index is 11.4. The molecule has 1 aromatic heterocycles. The average Bonchev–Trinajstić information content (AvgIpc) is 2.79. The molecule has 0 aliphatic rings. The van der Waals surface area contributed by atoms with Crippen LogP contribution in [-0.4, -0.2) is 39.3 Å². The summed E-state index contributed by atoms with van der Waals surface area (Å²) >= 11 is 3.37. The molecular weight excluding hydrogens is 405 g/mol. The Hall–Kier alpha value is -1.29. The van der Waals surface area contributed by atoms with Gasteiger partial charge in [-0.25, -0.2) is 4.98 Å². The van der Waals surface area contributed by atoms with Gasteiger partial charge in [-0.1, -0.05) is 11.8 Å². The molecule has 0 unspecified atom stereocenters. The van der Waals surface area contributed by atoms with Gasteiger partial charge in [0.2, 0.25) is 5.91 Å². The van der Waals surface area contributed by atoms with E-state index in [-0.39, 0.29) is 11.7 Å². The molecule has 21 heavy (non-hydrogen) atoms. The zero-order chi connectivity index (χ0) is 15.4. The number of aliphatic carboxylic acids is 1. The number of nitrogens with zero attached hydrogens (tertiary/aromatic N) is 2. The molecule has 0 aliphatic carbocycles. The molecule has 1 amide bonds. The number of aryl methyl sites for hydroxylation is 1. The SMILES string of the molecule is CNC(=O)CCn1c(SCC(=O)O)nc2cc(I)ccc21. The van der Waals surface area contributed by atoms with Crippen LogP contribution < -0.4 is 5.32 Å². The summed E-state index contributed by atoms with van der Waals surface area (Å²) in [6.45, 7) is 0.471. The molecule has 0 saturated heterocycles. The molecule has 2 rings (SSSR count). The van der Waals surface area contributed by atoms with Crippen molar-refractivity contribution in [3.63, 3.8) is 0 Å². The minimum absolute atomic E-state index is 0.0552. The van der Waals surface area contributed by atoms with E-state index < -0.39 is 5.97 Å². The summed E-state index contributed by atoms with van der Waals surface area (Å²) in [6, 6.07) is 5.85. The van der Waals surface area contributed by atoms with Crippen molar-refractivity contribution < 1.29 is 14.7 Å². The largest absolute Gasteiger partial charge is 0.481 e. The van der Waals surface area contributed by atoms with Crippen LogP contribution in [-0.2, 0) is 16.1 Å². The van der Waals surface area contributed by atoms with E-state index in [4.69, 9.17) is 5.11 Å². The number of carboxylic acid groups (broad SMARTS) is 1. The van der Waals surface area contributed by atoms with Gasteiger partial charge in [0.15, 0.2) is 5.16 Å². The minimum atomic E-state index is -0.889. The normalized spacial score (nSPS) is 10.8. The standard InChI is InChI=1S/C13H14IN3O3S/c1-15-11(18)4-5-17-10-3-2-8(14)6-9(10)16-13(17)21-7-12(19)20/h2-3,6H,4-5,7H2,1H3,(H,15,18)(H,19,20). The van der Waals surface area contributed by atoms with Gasteiger partial charge in [0, 0.05) is 23.6 Å². The number of hydrogen-bond acceptors (Lipinski definition) is 4. The predicted molar refractivity (Wildman–Crippen MR) is 89.5 cm³/mol. The number of carbonyl (C=O) groups excluding carboxylic acids is 1. The van der Waals surface area contributed by atoms with Gasteiger partial charge in [-0.2, -0.15) is 0 Å². The monoisotopic (exact) mass is 419 g/mol. The predicted octanol–water partition coefficient (Wildman–Crippen LogP) is 1.95. The first kappa shape index (κ1) is 16.1. The van der Waals surface area contributed by atoms with E-state index in [0.29, 0.717) is 18.1 Å². The molecule has 1 aromatic carbocycles. The third-order valence-corrected chi connectivity index (χ3v) is 4.47. The fourth-order valence-electron chi connectivity index (χ4n) is 1.87. The van der Waals surface area contributed by atoms with Gasteiger partial charge < -0.3 is 15.0 Å². The van der Waals surface area contributed by atoms with Crippen LogP contribution in [0.2, 0.25) is 0 Å². The Kier molecular flexibility index (Phi) is 5.45. The van der Waals surface area contributed by atoms with Gasteiger partial charge in [0.05, 0.1) is 16.8 Å². The van der Waals surface area contributed by atoms with E-state index in [9.17, 15) is 9.59 Å². The van der Waals surface area contributed by atoms with Crippen molar-refractivity contribution in [3.05, 3.63) is 21.8 Å². The second-order valence-electron chi connectivity index (χ2n) is 4.28. The summed E-state index contributed by atoms with van der Waals surface area (Å²) < 4.78 is 2.96. The molecular formula is C13H14IN3O3S. The molecule has 0 saturated carbocycles. The number of benzene rings is 1. The number of carboxylic acids is 1. The van der Waals surface area contributed by atoms with Crippen LogP contribution in [0.25, 0.3) is 11.0 Å². The number of fused-ring (bicyclic) bond motifs is 1. The second kappa shape index (κ2) is 7.12. The van der Waals surface area contributed by atoms with Crippen molar-refractivity contribution >= 4 is 57.3 Å². The lowest BCUT2D eigenvalue weighted by Crippen LogP contribution is -2.19. The van der Waals surface area contributed by atoms with Crippen LogP contribution in [0.4, 0.5) is 0 Å². The Balaban J connectivity index is 2.34. The molecule has 0 bridgehead atoms. The van der Waals surface area contributed by atoms with Crippen LogP contribution >= 0.6 is 34.4 Å². The molecule has 2 N–H and O–H groups in total. The maximum atomic E-state index is 11.4. The highest BCUT2D eigenvalue weighted by Gasteiger charge is 2.14. The summed E-state index contributed by atoms with van der Waals surface area (Å²) in [4.78, 5) is 26.6. The first-order valence-electron chi connectivity index (χ1n) is 6.22. The highest BCUT2D eigenvalue weighted by molar-refractivity contribution is 14.1. The zero-order valence-electron chi connectivity index (χ0n) is 11.3. The van der Waals surface area contributed by atoms with Crippen molar-refractivity contribution in [2.24, 2.45) is 0 Å². The number of carbonyl (C=O) groups is 2. The third-order valence-electron chi connectivity index (χ3n) is 2.84. The molecule has 6 nitrogen and oxygen atoms in total. The smallest absolute Gasteiger partial charge is 0.313 e. The van der Waals surface area contributed by atoms with Gasteiger partial charge in [-0.05, 0) is 40.8 Å². The Morgan fingerprint density at radius 3 is 2.90 bits per heavy atom. The fraction of sp³-hybridized carbons (Fsp3) is 0.308. The number of thioether (sulfide) groups is 1. The maximum Gasteiger partial charge on any atom is 0.313 e. The van der Waals surface area contributed by atoms with E-state index in [1.807, 2.05) is 22.8 Å². The Bertz CT molecular complexity index is 687. The molecule has 2 aromatic rings. The molecule has 0 spiro atoms. The summed E-state index contributed by atoms with van der Waals surface area (Å²) in [6.07, 6.45) is 0.328. The summed E-state index contributed by atoms with van der Waals surface area (Å²) in [5.41, 5.74) is 1.72. The number of aromatic nitrogens is 2. The van der Waals surface area contributed by atoms with Crippen LogP contribution in [0.15, 0.2) is 23.4 Å². The topological polar surface area (TPSA) is 84.2 Å². The van der Waals surface area contributed by atoms with Crippen molar-refractivity contribution in [3.8, 4) is 0 Å². The van der Waals surface area contributed by atoms with Gasteiger partial charge >= 0.3 is 5.97 Å². The molecule has 0 radical (unpaired) electrons. The summed E-state index contributed by atoms with van der Waals surface area (Å²) in [7, 11) is 1.59. The fourth-order valence-corrected chi connectivity index (χ4v) is 3.11. The number of hydrogen-bond donors (Lipinski definition) is 2. The first-order valence-corrected chi connectivity index (χ1v) is 8.28. The highest BCUT2D eigenvalue weighted by Crippen LogP contribution is 2.25. The quantitative estimate of drug-likeness (QED) is 0.553. The summed E-state index contributed by atoms with van der Waals surface area (Å²) in [5.74, 6) is -1.00. The number of amides is 1. The molecule has 0 fully saturated rings. The first-order chi connectivity index (χ1) is 10.0. The average molecular weight is 419 g/mol. The van der Waals surface area contributed by atoms with Crippen molar-refractivity contribution in [1.29, 1.82) is 0 Å². The molecule has 0 atom stereocenters. The number of imidazole rings is 1. The zero-order valence-corrected chi connectivity index (χ0v) is 14.3. The van der Waals surface area contributed by atoms with Crippen molar-refractivity contribution in [2.75, 3.05) is 12.8 Å². The van der Waals surface area contributed by atoms with E-state index in [1.165, 1.54) is 0 Å². The third kappa shape index (κ3) is 4.10. The van der Waals surface area contributed by atoms with Crippen LogP contribution in [0.5, 0.6) is 0 Å². The van der Waals surface area contributed by atoms with Gasteiger partial charge in [0.1, 0.15) is 0 Å². The number of rotatable bonds is 6. The van der Waals surface area contributed by atoms with E-state index in [0.717, 1.165) is 26.4 Å². The number of halogens is 1. The van der Waals surface area contributed by atoms with Crippen molar-refractivity contribution in [2.45, 2.75) is 18.1 Å². The van der Waals surface area contributed by atoms with Crippen molar-refractivity contribution in [1.82, 2.24) is 14.9 Å². The number of nitrogens with one attached hydrogen (secondary N) is 1. The second-order valence-corrected chi connectivity index (χ2v) is 6.47. The molecule has 1 heterocycles. The molecule has 0 aliphatic heterocycles. The Morgan fingerprint density at radius 2 is 2.24 bits per heavy atom. The van der Waals surface area contributed by atoms with Gasteiger partial charge in [0.25, 0.3) is 0 Å². The van der Waals surface area contributed by atoms with E-state index >= 15 is 0 Å². The summed E-state index contributed by atoms with van der Waals surface area (Å²) in [5, 5.41) is 12.0. The van der Waals surface area contributed by atoms with Crippen LogP contribution in [0.1, 0.15) is 6.42 Å².